The smallest absolute Gasteiger partial charge is 0.256 e. The van der Waals surface area contributed by atoms with Gasteiger partial charge < -0.3 is 27.6 Å². The molecular formula is C81H52BN5O. The van der Waals surface area contributed by atoms with Crippen molar-refractivity contribution in [2.75, 3.05) is 0 Å². The maximum absolute atomic E-state index is 7.22. The molecule has 0 unspecified atom stereocenters. The van der Waals surface area contributed by atoms with Crippen LogP contribution in [0.15, 0.2) is 273 Å². The van der Waals surface area contributed by atoms with Crippen molar-refractivity contribution in [3.8, 4) is 51.1 Å². The summed E-state index contributed by atoms with van der Waals surface area (Å²) in [6, 6.07) is 102. The van der Waals surface area contributed by atoms with E-state index in [1.54, 1.807) is 0 Å². The fraction of sp³-hybridized carbons (Fsp3) is 0.0370. The Morgan fingerprint density at radius 3 is 1.16 bits per heavy atom. The Morgan fingerprint density at radius 2 is 0.682 bits per heavy atom. The summed E-state index contributed by atoms with van der Waals surface area (Å²) in [7, 11) is 0. The third-order valence-electron chi connectivity index (χ3n) is 19.7. The van der Waals surface area contributed by atoms with E-state index in [4.69, 9.17) is 4.74 Å². The Morgan fingerprint density at radius 1 is 0.284 bits per heavy atom. The largest absolute Gasteiger partial charge is 0.458 e. The number of hydrogen-bond donors (Lipinski definition) is 0. The highest BCUT2D eigenvalue weighted by Gasteiger charge is 2.42. The van der Waals surface area contributed by atoms with Crippen LogP contribution in [0.25, 0.3) is 149 Å². The molecule has 0 radical (unpaired) electrons. The molecule has 13 aromatic carbocycles. The lowest BCUT2D eigenvalue weighted by molar-refractivity contribution is 0.486. The molecule has 0 bridgehead atoms. The number of ether oxygens (including phenoxy) is 1. The predicted molar refractivity (Wildman–Crippen MR) is 369 cm³/mol. The third kappa shape index (κ3) is 6.46. The third-order valence-corrected chi connectivity index (χ3v) is 19.7. The molecule has 0 aliphatic carbocycles. The Balaban J connectivity index is 0.868. The summed E-state index contributed by atoms with van der Waals surface area (Å²) in [5.41, 5.74) is 24.8. The van der Waals surface area contributed by atoms with Crippen LogP contribution >= 0.6 is 0 Å². The first kappa shape index (κ1) is 48.0. The van der Waals surface area contributed by atoms with Crippen molar-refractivity contribution < 1.29 is 4.74 Å². The van der Waals surface area contributed by atoms with Crippen molar-refractivity contribution in [3.05, 3.63) is 279 Å². The van der Waals surface area contributed by atoms with Crippen LogP contribution in [0, 0.1) is 0 Å². The standard InChI is InChI=1S/C81H52BN5O/c1-48(2)51-41-77-80-79(42-51)88-78-39-32-50(49-18-4-3-5-19-49)40-66(78)82(80)67-47-55(86-73-31-17-11-25-61(73)63-44-53(34-37-75(63)86)84-70-28-14-8-22-58(70)59-23-9-15-29-71(59)84)46-65-64-45-54(35-38-76(64)87(77)81(65)67)85-72-30-16-10-24-60(72)62-43-52(33-36-74(62)85)83-68-26-12-6-20-56(68)57-21-7-13-27-69(57)83/h3-48H,1-2H3. The molecule has 0 N–H and O–H groups in total. The zero-order chi connectivity index (χ0) is 57.6. The second-order valence-corrected chi connectivity index (χ2v) is 24.6. The molecule has 18 aromatic rings. The topological polar surface area (TPSA) is 33.9 Å². The van der Waals surface area contributed by atoms with Crippen LogP contribution in [0.1, 0.15) is 25.3 Å². The fourth-order valence-electron chi connectivity index (χ4n) is 15.8. The van der Waals surface area contributed by atoms with Gasteiger partial charge in [0.15, 0.2) is 0 Å². The number of para-hydroxylation sites is 6. The molecule has 0 atom stereocenters. The Bertz CT molecular complexity index is 5980. The molecule has 0 amide bonds. The van der Waals surface area contributed by atoms with Gasteiger partial charge in [-0.2, -0.15) is 0 Å². The summed E-state index contributed by atoms with van der Waals surface area (Å²) < 4.78 is 19.7. The lowest BCUT2D eigenvalue weighted by Gasteiger charge is -2.34. The van der Waals surface area contributed by atoms with Crippen LogP contribution in [-0.2, 0) is 0 Å². The molecule has 7 heterocycles. The van der Waals surface area contributed by atoms with Gasteiger partial charge in [-0.1, -0.05) is 166 Å². The molecule has 6 nitrogen and oxygen atoms in total. The van der Waals surface area contributed by atoms with Gasteiger partial charge in [0.25, 0.3) is 6.71 Å². The molecule has 0 saturated carbocycles. The average Bonchev–Trinajstić information content (AvgIpc) is 1.43. The highest BCUT2D eigenvalue weighted by Crippen LogP contribution is 2.45. The van der Waals surface area contributed by atoms with E-state index in [0.29, 0.717) is 0 Å². The highest BCUT2D eigenvalue weighted by molar-refractivity contribution is 6.99. The Hall–Kier alpha value is -11.3. The average molecular weight is 1120 g/mol. The summed E-state index contributed by atoms with van der Waals surface area (Å²) in [6.45, 7) is 4.46. The second kappa shape index (κ2) is 17.7. The fourth-order valence-corrected chi connectivity index (χ4v) is 15.8. The van der Waals surface area contributed by atoms with E-state index in [-0.39, 0.29) is 12.6 Å². The lowest BCUT2D eigenvalue weighted by Crippen LogP contribution is -2.58. The Labute approximate surface area is 506 Å². The summed E-state index contributed by atoms with van der Waals surface area (Å²) >= 11 is 0. The van der Waals surface area contributed by atoms with Crippen molar-refractivity contribution in [2.24, 2.45) is 0 Å². The number of benzene rings is 13. The monoisotopic (exact) mass is 1120 g/mol. The molecule has 0 spiro atoms. The van der Waals surface area contributed by atoms with Gasteiger partial charge >= 0.3 is 0 Å². The van der Waals surface area contributed by atoms with E-state index in [1.807, 2.05) is 0 Å². The van der Waals surface area contributed by atoms with E-state index in [1.165, 1.54) is 126 Å². The molecule has 7 heteroatoms. The van der Waals surface area contributed by atoms with E-state index >= 15 is 0 Å². The van der Waals surface area contributed by atoms with Gasteiger partial charge in [0.2, 0.25) is 0 Å². The first-order valence-electron chi connectivity index (χ1n) is 30.7. The number of fused-ring (bicyclic) bond motifs is 19. The van der Waals surface area contributed by atoms with Gasteiger partial charge in [0, 0.05) is 87.8 Å². The van der Waals surface area contributed by atoms with E-state index in [2.05, 4.69) is 310 Å². The summed E-state index contributed by atoms with van der Waals surface area (Å²) in [5.74, 6) is 2.10. The van der Waals surface area contributed by atoms with E-state index in [0.717, 1.165) is 56.3 Å². The lowest BCUT2D eigenvalue weighted by atomic mass is 9.34. The Kier molecular flexibility index (Phi) is 9.64. The van der Waals surface area contributed by atoms with Crippen molar-refractivity contribution in [3.63, 3.8) is 0 Å². The van der Waals surface area contributed by atoms with Gasteiger partial charge in [-0.25, -0.2) is 0 Å². The first-order chi connectivity index (χ1) is 43.5. The quantitative estimate of drug-likeness (QED) is 0.153. The summed E-state index contributed by atoms with van der Waals surface area (Å²) in [6.07, 6.45) is 0. The number of aromatic nitrogens is 5. The van der Waals surface area contributed by atoms with Crippen molar-refractivity contribution in [2.45, 2.75) is 19.8 Å². The van der Waals surface area contributed by atoms with Gasteiger partial charge in [0.05, 0.1) is 49.7 Å². The first-order valence-corrected chi connectivity index (χ1v) is 30.7. The van der Waals surface area contributed by atoms with E-state index < -0.39 is 0 Å². The molecule has 2 aliphatic rings. The molecule has 0 fully saturated rings. The minimum absolute atomic E-state index is 0.131. The molecular weight excluding hydrogens is 1070 g/mol. The van der Waals surface area contributed by atoms with Crippen LogP contribution in [-0.4, -0.2) is 29.5 Å². The molecule has 88 heavy (non-hydrogen) atoms. The maximum atomic E-state index is 7.22. The molecule has 20 rings (SSSR count). The summed E-state index contributed by atoms with van der Waals surface area (Å²) in [4.78, 5) is 0. The van der Waals surface area contributed by atoms with E-state index in [9.17, 15) is 0 Å². The number of rotatable bonds is 6. The SMILES string of the molecule is CC(C)c1cc2c3c(c1)-n1c4ccc(-n5c6ccccc6c6cc(-n7c8ccccc8c8ccccc87)ccc65)cc4c4cc(-n5c6ccccc6c6cc(-n7c8ccccc8c8ccccc87)ccc65)cc(c41)B3c1cc(-c3ccccc3)ccc1O2. The zero-order valence-electron chi connectivity index (χ0n) is 48.3. The van der Waals surface area contributed by atoms with Crippen LogP contribution in [0.5, 0.6) is 11.5 Å². The maximum Gasteiger partial charge on any atom is 0.256 e. The van der Waals surface area contributed by atoms with Crippen LogP contribution in [0.4, 0.5) is 0 Å². The summed E-state index contributed by atoms with van der Waals surface area (Å²) in [5, 5.41) is 12.3. The van der Waals surface area contributed by atoms with Gasteiger partial charge in [0.1, 0.15) is 11.5 Å². The van der Waals surface area contributed by atoms with Crippen LogP contribution in [0.3, 0.4) is 0 Å². The minimum atomic E-state index is -0.131. The highest BCUT2D eigenvalue weighted by atomic mass is 16.5. The zero-order valence-corrected chi connectivity index (χ0v) is 48.3. The van der Waals surface area contributed by atoms with Crippen molar-refractivity contribution in [1.82, 2.24) is 22.8 Å². The van der Waals surface area contributed by atoms with Gasteiger partial charge in [-0.15, -0.1) is 0 Å². The van der Waals surface area contributed by atoms with Gasteiger partial charge in [-0.05, 0) is 160 Å². The minimum Gasteiger partial charge on any atom is -0.458 e. The van der Waals surface area contributed by atoms with Crippen molar-refractivity contribution >= 4 is 132 Å². The predicted octanol–water partition coefficient (Wildman–Crippen LogP) is 18.9. The molecule has 410 valence electrons. The van der Waals surface area contributed by atoms with Crippen molar-refractivity contribution in [1.29, 1.82) is 0 Å². The normalized spacial score (nSPS) is 12.8. The second-order valence-electron chi connectivity index (χ2n) is 24.6. The van der Waals surface area contributed by atoms with Gasteiger partial charge in [-0.3, -0.25) is 0 Å². The molecule has 5 aromatic heterocycles. The molecule has 0 saturated heterocycles. The number of hydrogen-bond acceptors (Lipinski definition) is 1. The molecule has 2 aliphatic heterocycles. The van der Waals surface area contributed by atoms with Crippen LogP contribution < -0.4 is 21.1 Å². The number of nitrogens with zero attached hydrogens (tertiary/aromatic N) is 5. The van der Waals surface area contributed by atoms with Crippen LogP contribution in [0.2, 0.25) is 0 Å².